The Morgan fingerprint density at radius 1 is 0.886 bits per heavy atom. The van der Waals surface area contributed by atoms with Gasteiger partial charge in [0.25, 0.3) is 0 Å². The van der Waals surface area contributed by atoms with E-state index in [0.717, 1.165) is 65.4 Å². The van der Waals surface area contributed by atoms with Gasteiger partial charge in [-0.15, -0.1) is 0 Å². The van der Waals surface area contributed by atoms with Crippen LogP contribution in [0.1, 0.15) is 54.3 Å². The van der Waals surface area contributed by atoms with Gasteiger partial charge in [0.2, 0.25) is 0 Å². The van der Waals surface area contributed by atoms with Crippen LogP contribution >= 0.6 is 11.6 Å². The lowest BCUT2D eigenvalue weighted by molar-refractivity contribution is 0.0682. The van der Waals surface area contributed by atoms with Gasteiger partial charge in [0.1, 0.15) is 22.6 Å². The normalized spacial score (nSPS) is 11.8. The van der Waals surface area contributed by atoms with Crippen molar-refractivity contribution in [3.8, 4) is 11.5 Å². The van der Waals surface area contributed by atoms with Crippen LogP contribution in [0.25, 0.3) is 10.9 Å². The van der Waals surface area contributed by atoms with E-state index in [0.29, 0.717) is 6.04 Å². The summed E-state index contributed by atoms with van der Waals surface area (Å²) in [6.45, 7) is 10.1. The van der Waals surface area contributed by atoms with Gasteiger partial charge < -0.3 is 30.6 Å². The van der Waals surface area contributed by atoms with Gasteiger partial charge in [-0.05, 0) is 100 Å². The number of benzene rings is 3. The number of phenols is 2. The van der Waals surface area contributed by atoms with Crippen LogP contribution < -0.4 is 5.32 Å². The molecule has 1 heterocycles. The molecule has 4 rings (SSSR count). The first kappa shape index (κ1) is 33.8. The Morgan fingerprint density at radius 3 is 1.98 bits per heavy atom. The number of nitrogens with zero attached hydrogens (tertiary/aromatic N) is 4. The Kier molecular flexibility index (Phi) is 12.4. The summed E-state index contributed by atoms with van der Waals surface area (Å²) in [6, 6.07) is 15.6. The minimum Gasteiger partial charge on any atom is -0.507 e. The number of aromatic nitrogens is 1. The van der Waals surface area contributed by atoms with Crippen molar-refractivity contribution in [2.45, 2.75) is 39.7 Å². The first-order chi connectivity index (χ1) is 21.0. The van der Waals surface area contributed by atoms with Gasteiger partial charge in [0.15, 0.2) is 0 Å². The summed E-state index contributed by atoms with van der Waals surface area (Å²) in [4.78, 5) is 28.6. The summed E-state index contributed by atoms with van der Waals surface area (Å²) in [7, 11) is 0. The summed E-state index contributed by atoms with van der Waals surface area (Å²) >= 11 is 6.04. The fourth-order valence-electron chi connectivity index (χ4n) is 4.38. The third kappa shape index (κ3) is 9.65. The van der Waals surface area contributed by atoms with Gasteiger partial charge in [-0.3, -0.25) is 4.98 Å². The third-order valence-electron chi connectivity index (χ3n) is 6.81. The molecular weight excluding hydrogens is 586 g/mol. The molecular formula is C32H36ClN5O6. The van der Waals surface area contributed by atoms with Crippen molar-refractivity contribution < 1.29 is 30.0 Å². The summed E-state index contributed by atoms with van der Waals surface area (Å²) < 4.78 is 0. The van der Waals surface area contributed by atoms with Crippen molar-refractivity contribution in [1.29, 1.82) is 0 Å². The molecule has 1 unspecified atom stereocenters. The number of aromatic hydroxyl groups is 2. The molecule has 0 fully saturated rings. The lowest BCUT2D eigenvalue weighted by atomic mass is 10.1. The second kappa shape index (κ2) is 16.2. The maximum atomic E-state index is 10.9. The zero-order chi connectivity index (χ0) is 32.2. The van der Waals surface area contributed by atoms with Crippen molar-refractivity contribution in [3.63, 3.8) is 0 Å². The molecule has 12 heteroatoms. The Morgan fingerprint density at radius 2 is 1.45 bits per heavy atom. The van der Waals surface area contributed by atoms with Crippen LogP contribution in [0.15, 0.2) is 77.1 Å². The quantitative estimate of drug-likeness (QED) is 0.0994. The molecule has 0 aliphatic carbocycles. The van der Waals surface area contributed by atoms with Crippen LogP contribution in [0.4, 0.5) is 17.1 Å². The predicted octanol–water partition coefficient (Wildman–Crippen LogP) is 7.72. The van der Waals surface area contributed by atoms with E-state index in [4.69, 9.17) is 21.8 Å². The molecule has 0 aliphatic heterocycles. The van der Waals surface area contributed by atoms with E-state index in [1.807, 2.05) is 30.5 Å². The number of halogens is 1. The van der Waals surface area contributed by atoms with E-state index < -0.39 is 23.4 Å². The Hall–Kier alpha value is -4.74. The van der Waals surface area contributed by atoms with E-state index in [-0.39, 0.29) is 22.5 Å². The number of nitrogens with one attached hydrogen (secondary N) is 1. The number of carbonyl (C=O) groups is 2. The van der Waals surface area contributed by atoms with E-state index in [9.17, 15) is 19.8 Å². The Bertz CT molecular complexity index is 1560. The number of anilines is 1. The maximum Gasteiger partial charge on any atom is 0.339 e. The average Bonchev–Trinajstić information content (AvgIpc) is 2.99. The maximum absolute atomic E-state index is 10.9. The number of hydrogen-bond donors (Lipinski definition) is 5. The zero-order valence-electron chi connectivity index (χ0n) is 24.7. The van der Waals surface area contributed by atoms with Crippen molar-refractivity contribution in [1.82, 2.24) is 9.88 Å². The molecule has 1 atom stereocenters. The molecule has 1 aromatic heterocycles. The van der Waals surface area contributed by atoms with Crippen molar-refractivity contribution in [2.75, 3.05) is 25.0 Å². The Labute approximate surface area is 260 Å². The smallest absolute Gasteiger partial charge is 0.339 e. The molecule has 0 saturated carbocycles. The molecule has 232 valence electrons. The molecule has 0 amide bonds. The topological polar surface area (TPSA) is 168 Å². The molecule has 4 aromatic rings. The highest BCUT2D eigenvalue weighted by molar-refractivity contribution is 6.31. The Balaban J connectivity index is 0.000000240. The molecule has 44 heavy (non-hydrogen) atoms. The van der Waals surface area contributed by atoms with Gasteiger partial charge in [0, 0.05) is 28.3 Å². The molecule has 5 N–H and O–H groups in total. The molecule has 0 bridgehead atoms. The number of carboxylic acids is 2. The molecule has 0 saturated heterocycles. The second-order valence-electron chi connectivity index (χ2n) is 9.95. The van der Waals surface area contributed by atoms with Crippen molar-refractivity contribution in [2.24, 2.45) is 10.2 Å². The van der Waals surface area contributed by atoms with Crippen LogP contribution in [0.3, 0.4) is 0 Å². The highest BCUT2D eigenvalue weighted by atomic mass is 35.5. The standard InChI is InChI=1S/C18H26ClN3.C14H10N2O6/c1-4-22(5-2)12-6-7-14(3)21-17-10-11-20-18-13-15(19)8-9-16(17)18;17-11-3-1-7(5-9(11)13(19)20)15-16-8-2-4-12(18)10(6-8)14(21)22/h8-11,13-14H,4-7,12H2,1-3H3,(H,20,21);1-6,17-18H,(H,19,20)(H,21,22). The van der Waals surface area contributed by atoms with Crippen LogP contribution in [0.2, 0.25) is 5.02 Å². The number of rotatable bonds is 12. The number of aromatic carboxylic acids is 2. The van der Waals surface area contributed by atoms with Crippen LogP contribution in [-0.2, 0) is 0 Å². The highest BCUT2D eigenvalue weighted by Crippen LogP contribution is 2.28. The molecule has 0 radical (unpaired) electrons. The molecule has 0 aliphatic rings. The lowest BCUT2D eigenvalue weighted by Crippen LogP contribution is -2.25. The van der Waals surface area contributed by atoms with E-state index in [1.165, 1.54) is 25.1 Å². The van der Waals surface area contributed by atoms with Gasteiger partial charge in [0.05, 0.1) is 16.9 Å². The number of azo groups is 1. The highest BCUT2D eigenvalue weighted by Gasteiger charge is 2.12. The minimum atomic E-state index is -1.31. The number of fused-ring (bicyclic) bond motifs is 1. The molecule has 3 aromatic carbocycles. The predicted molar refractivity (Wildman–Crippen MR) is 171 cm³/mol. The van der Waals surface area contributed by atoms with E-state index in [2.05, 4.69) is 46.2 Å². The van der Waals surface area contributed by atoms with Crippen LogP contribution in [0.5, 0.6) is 11.5 Å². The largest absolute Gasteiger partial charge is 0.507 e. The first-order valence-corrected chi connectivity index (χ1v) is 14.5. The number of hydrogen-bond acceptors (Lipinski definition) is 9. The second-order valence-corrected chi connectivity index (χ2v) is 10.4. The third-order valence-corrected chi connectivity index (χ3v) is 7.05. The molecule has 0 spiro atoms. The number of carboxylic acid groups (broad SMARTS) is 2. The summed E-state index contributed by atoms with van der Waals surface area (Å²) in [5, 5.41) is 49.5. The average molecular weight is 622 g/mol. The monoisotopic (exact) mass is 621 g/mol. The summed E-state index contributed by atoms with van der Waals surface area (Å²) in [5.41, 5.74) is 1.76. The zero-order valence-corrected chi connectivity index (χ0v) is 25.5. The van der Waals surface area contributed by atoms with Crippen LogP contribution in [0, 0.1) is 0 Å². The van der Waals surface area contributed by atoms with Crippen LogP contribution in [-0.4, -0.2) is 67.9 Å². The van der Waals surface area contributed by atoms with Gasteiger partial charge >= 0.3 is 11.9 Å². The molecule has 11 nitrogen and oxygen atoms in total. The van der Waals surface area contributed by atoms with E-state index in [1.54, 1.807) is 0 Å². The van der Waals surface area contributed by atoms with Gasteiger partial charge in [-0.1, -0.05) is 25.4 Å². The van der Waals surface area contributed by atoms with Crippen molar-refractivity contribution in [3.05, 3.63) is 83.0 Å². The van der Waals surface area contributed by atoms with Gasteiger partial charge in [-0.25, -0.2) is 9.59 Å². The van der Waals surface area contributed by atoms with E-state index >= 15 is 0 Å². The first-order valence-electron chi connectivity index (χ1n) is 14.1. The number of pyridine rings is 1. The minimum absolute atomic E-state index is 0.167. The SMILES string of the molecule is CCN(CC)CCCC(C)Nc1ccnc2cc(Cl)ccc12.O=C(O)c1cc(N=Nc2ccc(O)c(C(=O)O)c2)ccc1O. The van der Waals surface area contributed by atoms with Crippen molar-refractivity contribution >= 4 is 51.5 Å². The fourth-order valence-corrected chi connectivity index (χ4v) is 4.54. The van der Waals surface area contributed by atoms with Gasteiger partial charge in [-0.2, -0.15) is 10.2 Å². The summed E-state index contributed by atoms with van der Waals surface area (Å²) in [5.74, 6) is -3.42. The lowest BCUT2D eigenvalue weighted by Gasteiger charge is -2.20. The fraction of sp³-hybridized carbons (Fsp3) is 0.281. The summed E-state index contributed by atoms with van der Waals surface area (Å²) in [6.07, 6.45) is 4.21.